The van der Waals surface area contributed by atoms with Crippen molar-refractivity contribution < 1.29 is 19.1 Å². The predicted molar refractivity (Wildman–Crippen MR) is 69.5 cm³/mol. The summed E-state index contributed by atoms with van der Waals surface area (Å²) < 4.78 is 9.21. The Labute approximate surface area is 109 Å². The fraction of sp³-hybridized carbons (Fsp3) is 0.571. The van der Waals surface area contributed by atoms with Crippen LogP contribution < -0.4 is 0 Å². The summed E-state index contributed by atoms with van der Waals surface area (Å²) in [7, 11) is 0. The number of hydrogen-bond acceptors (Lipinski definition) is 4. The molecule has 0 fully saturated rings. The molecule has 0 saturated carbocycles. The van der Waals surface area contributed by atoms with Crippen LogP contribution in [0.2, 0.25) is 0 Å². The van der Waals surface area contributed by atoms with Crippen LogP contribution in [0.25, 0.3) is 0 Å². The van der Waals surface area contributed by atoms with Gasteiger partial charge in [0.15, 0.2) is 0 Å². The van der Waals surface area contributed by atoms with Crippen molar-refractivity contribution in [3.8, 4) is 0 Å². The summed E-state index contributed by atoms with van der Waals surface area (Å²) in [4.78, 5) is 21.0. The molecule has 0 aromatic heterocycles. The standard InChI is InChI=1S/C14H22O4/c1-3-17-14(16)11-9-7-5-4-6-8-10-13(2)18-12-15/h3,12H,1-2,4-11H2. The van der Waals surface area contributed by atoms with E-state index in [4.69, 9.17) is 0 Å². The van der Waals surface area contributed by atoms with Crippen molar-refractivity contribution in [3.05, 3.63) is 25.2 Å². The molecule has 0 aliphatic carbocycles. The number of allylic oxidation sites excluding steroid dienone is 1. The normalized spacial score (nSPS) is 9.56. The first-order chi connectivity index (χ1) is 8.70. The van der Waals surface area contributed by atoms with E-state index in [1.165, 1.54) is 0 Å². The number of carbonyl (C=O) groups excluding carboxylic acids is 2. The molecule has 0 radical (unpaired) electrons. The topological polar surface area (TPSA) is 52.6 Å². The highest BCUT2D eigenvalue weighted by Gasteiger charge is 2.00. The Morgan fingerprint density at radius 3 is 2.06 bits per heavy atom. The van der Waals surface area contributed by atoms with E-state index in [1.54, 1.807) is 0 Å². The zero-order valence-corrected chi connectivity index (χ0v) is 10.9. The predicted octanol–water partition coefficient (Wildman–Crippen LogP) is 3.48. The van der Waals surface area contributed by atoms with E-state index in [0.29, 0.717) is 18.7 Å². The molecule has 4 nitrogen and oxygen atoms in total. The molecule has 0 aromatic carbocycles. The van der Waals surface area contributed by atoms with Gasteiger partial charge in [0.1, 0.15) is 5.76 Å². The summed E-state index contributed by atoms with van der Waals surface area (Å²) in [5, 5.41) is 0. The van der Waals surface area contributed by atoms with E-state index in [0.717, 1.165) is 51.2 Å². The van der Waals surface area contributed by atoms with Gasteiger partial charge < -0.3 is 9.47 Å². The zero-order chi connectivity index (χ0) is 13.6. The van der Waals surface area contributed by atoms with Gasteiger partial charge in [-0.25, -0.2) is 0 Å². The second kappa shape index (κ2) is 11.9. The Hall–Kier alpha value is -1.58. The van der Waals surface area contributed by atoms with Crippen molar-refractivity contribution in [2.24, 2.45) is 0 Å². The zero-order valence-electron chi connectivity index (χ0n) is 10.9. The van der Waals surface area contributed by atoms with Gasteiger partial charge in [-0.3, -0.25) is 9.59 Å². The molecule has 0 rings (SSSR count). The van der Waals surface area contributed by atoms with Gasteiger partial charge in [0.2, 0.25) is 0 Å². The molecule has 0 unspecified atom stereocenters. The molecule has 0 N–H and O–H groups in total. The number of carbonyl (C=O) groups is 2. The molecule has 4 heteroatoms. The van der Waals surface area contributed by atoms with Crippen molar-refractivity contribution in [3.63, 3.8) is 0 Å². The minimum atomic E-state index is -0.215. The van der Waals surface area contributed by atoms with E-state index in [9.17, 15) is 9.59 Å². The van der Waals surface area contributed by atoms with Gasteiger partial charge in [0, 0.05) is 12.8 Å². The summed E-state index contributed by atoms with van der Waals surface area (Å²) in [6.07, 6.45) is 8.50. The van der Waals surface area contributed by atoms with Crippen molar-refractivity contribution >= 4 is 12.4 Å². The molecule has 0 amide bonds. The molecule has 0 bridgehead atoms. The van der Waals surface area contributed by atoms with Crippen LogP contribution >= 0.6 is 0 Å². The second-order valence-corrected chi connectivity index (χ2v) is 4.03. The van der Waals surface area contributed by atoms with Crippen LogP contribution in [0.5, 0.6) is 0 Å². The Kier molecular flexibility index (Phi) is 10.8. The first-order valence-electron chi connectivity index (χ1n) is 6.29. The average molecular weight is 254 g/mol. The van der Waals surface area contributed by atoms with Crippen molar-refractivity contribution in [1.29, 1.82) is 0 Å². The summed E-state index contributed by atoms with van der Waals surface area (Å²) in [6, 6.07) is 0. The minimum absolute atomic E-state index is 0.215. The molecule has 0 saturated heterocycles. The number of hydrogen-bond donors (Lipinski definition) is 0. The summed E-state index contributed by atoms with van der Waals surface area (Å²) in [6.45, 7) is 7.35. The van der Waals surface area contributed by atoms with E-state index in [2.05, 4.69) is 22.6 Å². The maximum Gasteiger partial charge on any atom is 0.310 e. The highest BCUT2D eigenvalue weighted by Crippen LogP contribution is 2.11. The fourth-order valence-corrected chi connectivity index (χ4v) is 1.58. The third-order valence-corrected chi connectivity index (χ3v) is 2.52. The Morgan fingerprint density at radius 2 is 1.50 bits per heavy atom. The number of rotatable bonds is 12. The quantitative estimate of drug-likeness (QED) is 0.231. The van der Waals surface area contributed by atoms with E-state index >= 15 is 0 Å². The molecule has 18 heavy (non-hydrogen) atoms. The molecule has 0 atom stereocenters. The largest absolute Gasteiger partial charge is 0.435 e. The Morgan fingerprint density at radius 1 is 0.944 bits per heavy atom. The first kappa shape index (κ1) is 16.4. The Balaban J connectivity index is 3.21. The van der Waals surface area contributed by atoms with Gasteiger partial charge in [-0.2, -0.15) is 0 Å². The lowest BCUT2D eigenvalue weighted by Crippen LogP contribution is -1.98. The third kappa shape index (κ3) is 10.9. The molecule has 0 aliphatic heterocycles. The molecular weight excluding hydrogens is 232 g/mol. The summed E-state index contributed by atoms with van der Waals surface area (Å²) >= 11 is 0. The molecule has 102 valence electrons. The van der Waals surface area contributed by atoms with Gasteiger partial charge in [0.25, 0.3) is 6.47 Å². The van der Waals surface area contributed by atoms with Crippen molar-refractivity contribution in [2.75, 3.05) is 0 Å². The number of unbranched alkanes of at least 4 members (excludes halogenated alkanes) is 5. The molecule has 0 aromatic rings. The maximum absolute atomic E-state index is 11.0. The van der Waals surface area contributed by atoms with Crippen LogP contribution in [0.4, 0.5) is 0 Å². The highest BCUT2D eigenvalue weighted by molar-refractivity contribution is 5.69. The first-order valence-corrected chi connectivity index (χ1v) is 6.29. The third-order valence-electron chi connectivity index (χ3n) is 2.52. The molecule has 0 aliphatic rings. The van der Waals surface area contributed by atoms with Gasteiger partial charge >= 0.3 is 5.97 Å². The Bertz CT molecular complexity index is 243. The monoisotopic (exact) mass is 254 g/mol. The van der Waals surface area contributed by atoms with Crippen molar-refractivity contribution in [2.45, 2.75) is 51.4 Å². The van der Waals surface area contributed by atoms with Gasteiger partial charge in [-0.05, 0) is 12.8 Å². The SMILES string of the molecule is C=COC(=O)CCCCCCCCC(=C)OC=O. The van der Waals surface area contributed by atoms with Crippen LogP contribution in [-0.4, -0.2) is 12.4 Å². The van der Waals surface area contributed by atoms with Crippen molar-refractivity contribution in [1.82, 2.24) is 0 Å². The average Bonchev–Trinajstić information content (AvgIpc) is 2.33. The van der Waals surface area contributed by atoms with E-state index in [-0.39, 0.29) is 5.97 Å². The lowest BCUT2D eigenvalue weighted by atomic mass is 10.1. The molecule has 0 heterocycles. The van der Waals surface area contributed by atoms with Crippen LogP contribution in [0.1, 0.15) is 51.4 Å². The van der Waals surface area contributed by atoms with Gasteiger partial charge in [-0.1, -0.05) is 38.8 Å². The van der Waals surface area contributed by atoms with Crippen LogP contribution in [-0.2, 0) is 19.1 Å². The summed E-state index contributed by atoms with van der Waals surface area (Å²) in [5.74, 6) is 0.310. The number of esters is 1. The van der Waals surface area contributed by atoms with E-state index < -0.39 is 0 Å². The minimum Gasteiger partial charge on any atom is -0.435 e. The number of ether oxygens (including phenoxy) is 2. The fourth-order valence-electron chi connectivity index (χ4n) is 1.58. The highest BCUT2D eigenvalue weighted by atomic mass is 16.5. The van der Waals surface area contributed by atoms with Crippen LogP contribution in [0, 0.1) is 0 Å². The van der Waals surface area contributed by atoms with Gasteiger partial charge in [0.05, 0.1) is 6.26 Å². The smallest absolute Gasteiger partial charge is 0.310 e. The summed E-state index contributed by atoms with van der Waals surface area (Å²) in [5.41, 5.74) is 0. The lowest BCUT2D eigenvalue weighted by Gasteiger charge is -2.03. The second-order valence-electron chi connectivity index (χ2n) is 4.03. The molecular formula is C14H22O4. The van der Waals surface area contributed by atoms with Crippen LogP contribution in [0.3, 0.4) is 0 Å². The maximum atomic E-state index is 11.0. The van der Waals surface area contributed by atoms with Gasteiger partial charge in [-0.15, -0.1) is 0 Å². The molecule has 0 spiro atoms. The van der Waals surface area contributed by atoms with Crippen LogP contribution in [0.15, 0.2) is 25.2 Å². The lowest BCUT2D eigenvalue weighted by molar-refractivity contribution is -0.138. The van der Waals surface area contributed by atoms with E-state index in [1.807, 2.05) is 0 Å².